The highest BCUT2D eigenvalue weighted by Gasteiger charge is 2.79. The molecule has 274 valence electrons. The average Bonchev–Trinajstić information content (AvgIpc) is 3.81. The first kappa shape index (κ1) is 31.8. The second-order valence-corrected chi connectivity index (χ2v) is 18.4. The van der Waals surface area contributed by atoms with Crippen LogP contribution in [-0.4, -0.2) is 0 Å². The van der Waals surface area contributed by atoms with E-state index in [1.165, 1.54) is 101 Å². The first-order valence-electron chi connectivity index (χ1n) is 21.6. The lowest BCUT2D eigenvalue weighted by atomic mass is 9.38. The summed E-state index contributed by atoms with van der Waals surface area (Å²) in [6.07, 6.45) is 21.8. The topological polar surface area (TPSA) is 6.48 Å². The Labute approximate surface area is 331 Å². The van der Waals surface area contributed by atoms with Gasteiger partial charge in [-0.15, -0.1) is 0 Å². The van der Waals surface area contributed by atoms with Gasteiger partial charge < -0.3 is 9.80 Å². The molecule has 0 amide bonds. The van der Waals surface area contributed by atoms with Crippen molar-refractivity contribution in [3.8, 4) is 11.1 Å². The molecule has 2 spiro atoms. The van der Waals surface area contributed by atoms with Gasteiger partial charge in [0.05, 0.1) is 0 Å². The van der Waals surface area contributed by atoms with Gasteiger partial charge in [0.25, 0.3) is 0 Å². The van der Waals surface area contributed by atoms with Gasteiger partial charge in [-0.3, -0.25) is 0 Å². The van der Waals surface area contributed by atoms with E-state index in [0.717, 1.165) is 42.9 Å². The molecule has 4 saturated carbocycles. The molecule has 5 aromatic rings. The number of fused-ring (bicyclic) bond motifs is 12. The fourth-order valence-electron chi connectivity index (χ4n) is 14.4. The summed E-state index contributed by atoms with van der Waals surface area (Å²) < 4.78 is 0. The maximum absolute atomic E-state index is 2.71. The molecule has 8 aliphatic rings. The van der Waals surface area contributed by atoms with Gasteiger partial charge in [0, 0.05) is 51.1 Å². The first-order valence-corrected chi connectivity index (χ1v) is 21.6. The zero-order valence-corrected chi connectivity index (χ0v) is 32.1. The van der Waals surface area contributed by atoms with Gasteiger partial charge in [0.1, 0.15) is 0 Å². The van der Waals surface area contributed by atoms with Crippen molar-refractivity contribution < 1.29 is 0 Å². The molecule has 6 unspecified atom stereocenters. The summed E-state index contributed by atoms with van der Waals surface area (Å²) in [6, 6.07) is 48.6. The number of hydrogen-bond acceptors (Lipinski definition) is 2. The van der Waals surface area contributed by atoms with E-state index < -0.39 is 0 Å². The fraction of sp³-hybridized carbons (Fsp3) is 0.296. The van der Waals surface area contributed by atoms with Crippen molar-refractivity contribution in [2.75, 3.05) is 9.80 Å². The van der Waals surface area contributed by atoms with Gasteiger partial charge in [-0.05, 0) is 157 Å². The predicted octanol–water partition coefficient (Wildman–Crippen LogP) is 13.5. The lowest BCUT2D eigenvalue weighted by molar-refractivity contribution is -0.0820. The van der Waals surface area contributed by atoms with Gasteiger partial charge in [-0.2, -0.15) is 0 Å². The predicted molar refractivity (Wildman–Crippen MR) is 230 cm³/mol. The second-order valence-electron chi connectivity index (χ2n) is 18.4. The molecule has 4 fully saturated rings. The van der Waals surface area contributed by atoms with Crippen LogP contribution in [0.4, 0.5) is 17.1 Å². The van der Waals surface area contributed by atoms with Crippen LogP contribution in [-0.2, 0) is 5.41 Å². The highest BCUT2D eigenvalue weighted by atomic mass is 15.2. The summed E-state index contributed by atoms with van der Waals surface area (Å²) in [5.74, 6) is 3.75. The van der Waals surface area contributed by atoms with Crippen LogP contribution >= 0.6 is 0 Å². The van der Waals surface area contributed by atoms with Crippen LogP contribution in [0.15, 0.2) is 169 Å². The monoisotopic (exact) mass is 724 g/mol. The summed E-state index contributed by atoms with van der Waals surface area (Å²) >= 11 is 0. The van der Waals surface area contributed by atoms with E-state index >= 15 is 0 Å². The smallest absolute Gasteiger partial charge is 0.0497 e. The SMILES string of the molecule is C1=C(c2ccccc2)C(N(C2=CCC3C(=C2)N(c2ccccc2)c2ccccc23)c2ccc3c(c2)C2(c4ccccc4-3)C3CC4CC5C[C@H]2C3(C4)C5)=CCCC1. The Balaban J connectivity index is 1.01. The molecule has 56 heavy (non-hydrogen) atoms. The number of benzene rings is 5. The third-order valence-electron chi connectivity index (χ3n) is 16.0. The molecule has 0 saturated heterocycles. The van der Waals surface area contributed by atoms with Crippen LogP contribution in [0.1, 0.15) is 86.0 Å². The quantitative estimate of drug-likeness (QED) is 0.178. The van der Waals surface area contributed by atoms with E-state index in [0.29, 0.717) is 11.3 Å². The Morgan fingerprint density at radius 2 is 1.34 bits per heavy atom. The summed E-state index contributed by atoms with van der Waals surface area (Å²) in [5.41, 5.74) is 18.9. The molecule has 0 N–H and O–H groups in total. The number of hydrogen-bond donors (Lipinski definition) is 0. The van der Waals surface area contributed by atoms with Crippen LogP contribution in [0.2, 0.25) is 0 Å². The van der Waals surface area contributed by atoms with E-state index in [-0.39, 0.29) is 5.41 Å². The van der Waals surface area contributed by atoms with E-state index in [4.69, 9.17) is 0 Å². The molecule has 2 nitrogen and oxygen atoms in total. The summed E-state index contributed by atoms with van der Waals surface area (Å²) in [6.45, 7) is 0. The summed E-state index contributed by atoms with van der Waals surface area (Å²) in [5, 5.41) is 0. The van der Waals surface area contributed by atoms with E-state index in [1.807, 2.05) is 0 Å². The highest BCUT2D eigenvalue weighted by molar-refractivity contribution is 5.90. The summed E-state index contributed by atoms with van der Waals surface area (Å²) in [7, 11) is 0. The number of rotatable bonds is 5. The summed E-state index contributed by atoms with van der Waals surface area (Å²) in [4.78, 5) is 5.22. The Hall–Kier alpha value is -5.34. The standard InChI is InChI=1S/C54H48N2/c1-4-14-37(15-5-1)41-18-8-3-9-22-48(41)55(40-25-27-45-44-20-11-13-23-49(44)56(50(45)32-40)38-16-6-2-7-17-38)39-24-26-43-42-19-10-12-21-46(42)54(47(43)31-39)51-29-35-28-36-30-52(54)53(51,33-35)34-36/h1-2,4-7,10-26,31-32,35-36,45,51-52H,3,8-9,27-30,33-34H2/t35?,36?,45?,51-,52?,53?,54?/m0/s1. The van der Waals surface area contributed by atoms with E-state index in [1.54, 1.807) is 11.1 Å². The van der Waals surface area contributed by atoms with Crippen LogP contribution in [0.25, 0.3) is 16.7 Å². The molecule has 0 aromatic heterocycles. The lowest BCUT2D eigenvalue weighted by Crippen LogP contribution is -2.62. The average molecular weight is 725 g/mol. The molecular weight excluding hydrogens is 677 g/mol. The molecule has 0 radical (unpaired) electrons. The van der Waals surface area contributed by atoms with Crippen molar-refractivity contribution in [3.05, 3.63) is 191 Å². The highest BCUT2D eigenvalue weighted by Crippen LogP contribution is 2.85. The van der Waals surface area contributed by atoms with Crippen LogP contribution < -0.4 is 9.80 Å². The van der Waals surface area contributed by atoms with Crippen molar-refractivity contribution in [3.63, 3.8) is 0 Å². The van der Waals surface area contributed by atoms with Gasteiger partial charge in [-0.25, -0.2) is 0 Å². The number of allylic oxidation sites excluding steroid dienone is 6. The van der Waals surface area contributed by atoms with Crippen LogP contribution in [0.5, 0.6) is 0 Å². The van der Waals surface area contributed by atoms with E-state index in [2.05, 4.69) is 161 Å². The van der Waals surface area contributed by atoms with Gasteiger partial charge in [-0.1, -0.05) is 115 Å². The van der Waals surface area contributed by atoms with Crippen molar-refractivity contribution in [2.45, 2.75) is 69.1 Å². The zero-order chi connectivity index (χ0) is 36.6. The number of anilines is 3. The second kappa shape index (κ2) is 11.6. The molecule has 7 atom stereocenters. The maximum atomic E-state index is 2.71. The van der Waals surface area contributed by atoms with Crippen molar-refractivity contribution >= 4 is 22.6 Å². The zero-order valence-electron chi connectivity index (χ0n) is 32.1. The molecule has 5 aromatic carbocycles. The minimum Gasteiger partial charge on any atom is -0.313 e. The third kappa shape index (κ3) is 4.08. The van der Waals surface area contributed by atoms with Gasteiger partial charge >= 0.3 is 0 Å². The molecule has 3 bridgehead atoms. The molecule has 1 heterocycles. The van der Waals surface area contributed by atoms with Crippen molar-refractivity contribution in [1.29, 1.82) is 0 Å². The molecule has 7 aliphatic carbocycles. The molecule has 1 aliphatic heterocycles. The largest absolute Gasteiger partial charge is 0.313 e. The first-order chi connectivity index (χ1) is 27.7. The number of para-hydroxylation sites is 2. The minimum absolute atomic E-state index is 0.148. The minimum atomic E-state index is 0.148. The Morgan fingerprint density at radius 1 is 0.625 bits per heavy atom. The molecular formula is C54H48N2. The van der Waals surface area contributed by atoms with Crippen molar-refractivity contribution in [2.24, 2.45) is 29.1 Å². The Morgan fingerprint density at radius 3 is 2.18 bits per heavy atom. The molecule has 2 heteroatoms. The maximum Gasteiger partial charge on any atom is 0.0497 e. The molecule has 13 rings (SSSR count). The Kier molecular flexibility index (Phi) is 6.59. The van der Waals surface area contributed by atoms with Crippen molar-refractivity contribution in [1.82, 2.24) is 0 Å². The van der Waals surface area contributed by atoms with Gasteiger partial charge in [0.15, 0.2) is 0 Å². The van der Waals surface area contributed by atoms with E-state index in [9.17, 15) is 0 Å². The number of nitrogens with zero attached hydrogens (tertiary/aromatic N) is 2. The van der Waals surface area contributed by atoms with Crippen LogP contribution in [0, 0.1) is 29.1 Å². The lowest BCUT2D eigenvalue weighted by Gasteiger charge is -2.64. The van der Waals surface area contributed by atoms with Gasteiger partial charge in [0.2, 0.25) is 0 Å². The Bertz CT molecular complexity index is 2550. The normalized spacial score (nSPS) is 30.9. The fourth-order valence-corrected chi connectivity index (χ4v) is 14.4. The van der Waals surface area contributed by atoms with Crippen LogP contribution in [0.3, 0.4) is 0 Å². The third-order valence-corrected chi connectivity index (χ3v) is 16.0.